The summed E-state index contributed by atoms with van der Waals surface area (Å²) in [5.41, 5.74) is 1.81. The third-order valence-corrected chi connectivity index (χ3v) is 3.32. The maximum atomic E-state index is 5.23. The molecular weight excluding hydrogens is 270 g/mol. The van der Waals surface area contributed by atoms with Crippen molar-refractivity contribution in [1.82, 2.24) is 19.9 Å². The van der Waals surface area contributed by atoms with Crippen LogP contribution in [-0.2, 0) is 6.54 Å². The minimum absolute atomic E-state index is 0.446. The van der Waals surface area contributed by atoms with Crippen molar-refractivity contribution < 1.29 is 8.94 Å². The molecule has 0 radical (unpaired) electrons. The molecule has 0 atom stereocenters. The van der Waals surface area contributed by atoms with Crippen LogP contribution in [0.5, 0.6) is 0 Å². The van der Waals surface area contributed by atoms with Crippen LogP contribution in [-0.4, -0.2) is 26.5 Å². The molecule has 3 aromatic rings. The van der Waals surface area contributed by atoms with Crippen molar-refractivity contribution in [3.8, 4) is 11.4 Å². The fraction of sp³-hybridized carbons (Fsp3) is 0.214. The zero-order chi connectivity index (χ0) is 14.1. The van der Waals surface area contributed by atoms with Gasteiger partial charge in [-0.05, 0) is 18.6 Å². The highest BCUT2D eigenvalue weighted by Gasteiger charge is 2.19. The Morgan fingerprint density at radius 3 is 3.24 bits per heavy atom. The van der Waals surface area contributed by atoms with E-state index in [9.17, 15) is 0 Å². The summed E-state index contributed by atoms with van der Waals surface area (Å²) in [4.78, 5) is 4.37. The average molecular weight is 283 g/mol. The normalized spacial score (nSPS) is 14.3. The summed E-state index contributed by atoms with van der Waals surface area (Å²) in [6, 6.07) is 1.85. The average Bonchev–Trinajstić information content (AvgIpc) is 3.25. The number of nitrogens with zero attached hydrogens (tertiary/aromatic N) is 4. The van der Waals surface area contributed by atoms with Crippen molar-refractivity contribution in [2.45, 2.75) is 13.0 Å². The topological polar surface area (TPSA) is 81.9 Å². The summed E-state index contributed by atoms with van der Waals surface area (Å²) in [5.74, 6) is 1.94. The highest BCUT2D eigenvalue weighted by atomic mass is 16.5. The van der Waals surface area contributed by atoms with Crippen molar-refractivity contribution in [2.75, 3.05) is 11.9 Å². The lowest BCUT2D eigenvalue weighted by Crippen LogP contribution is -2.17. The summed E-state index contributed by atoms with van der Waals surface area (Å²) >= 11 is 0. The molecule has 7 heteroatoms. The Hall–Kier alpha value is -2.83. The maximum absolute atomic E-state index is 5.23. The number of hydrogen-bond acceptors (Lipinski definition) is 6. The van der Waals surface area contributed by atoms with E-state index in [1.165, 1.54) is 0 Å². The van der Waals surface area contributed by atoms with Crippen LogP contribution >= 0.6 is 0 Å². The van der Waals surface area contributed by atoms with Gasteiger partial charge in [0, 0.05) is 24.7 Å². The van der Waals surface area contributed by atoms with Crippen LogP contribution in [0.2, 0.25) is 0 Å². The summed E-state index contributed by atoms with van der Waals surface area (Å²) < 4.78 is 12.2. The van der Waals surface area contributed by atoms with Crippen molar-refractivity contribution in [1.29, 1.82) is 0 Å². The number of aryl methyl sites for hydroxylation is 1. The van der Waals surface area contributed by atoms with E-state index in [1.54, 1.807) is 24.8 Å². The molecule has 0 amide bonds. The summed E-state index contributed by atoms with van der Waals surface area (Å²) in [6.07, 6.45) is 9.70. The van der Waals surface area contributed by atoms with Gasteiger partial charge in [-0.15, -0.1) is 0 Å². The summed E-state index contributed by atoms with van der Waals surface area (Å²) in [5, 5.41) is 11.7. The molecule has 3 aromatic heterocycles. The van der Waals surface area contributed by atoms with Gasteiger partial charge >= 0.3 is 0 Å². The van der Waals surface area contributed by atoms with Crippen molar-refractivity contribution in [3.63, 3.8) is 0 Å². The molecule has 4 rings (SSSR count). The third-order valence-electron chi connectivity index (χ3n) is 3.32. The van der Waals surface area contributed by atoms with E-state index in [2.05, 4.69) is 20.6 Å². The predicted molar refractivity (Wildman–Crippen MR) is 76.3 cm³/mol. The van der Waals surface area contributed by atoms with Crippen LogP contribution in [0.15, 0.2) is 33.7 Å². The SMILES string of the molecule is C(=C\c1nc(-c2cnn3c2NCCC3)no1)/c1ccoc1. The second-order valence-electron chi connectivity index (χ2n) is 4.76. The van der Waals surface area contributed by atoms with Gasteiger partial charge in [0.2, 0.25) is 5.82 Å². The molecule has 0 spiro atoms. The van der Waals surface area contributed by atoms with E-state index in [0.29, 0.717) is 11.7 Å². The van der Waals surface area contributed by atoms with Crippen molar-refractivity contribution in [2.24, 2.45) is 0 Å². The Bertz CT molecular complexity index is 769. The van der Waals surface area contributed by atoms with E-state index in [0.717, 1.165) is 36.5 Å². The Labute approximate surface area is 120 Å². The van der Waals surface area contributed by atoms with E-state index in [1.807, 2.05) is 16.8 Å². The quantitative estimate of drug-likeness (QED) is 0.795. The molecule has 1 aliphatic rings. The van der Waals surface area contributed by atoms with Crippen molar-refractivity contribution in [3.05, 3.63) is 36.2 Å². The van der Waals surface area contributed by atoms with Gasteiger partial charge < -0.3 is 14.3 Å². The van der Waals surface area contributed by atoms with Gasteiger partial charge in [0.1, 0.15) is 5.82 Å². The molecule has 7 nitrogen and oxygen atoms in total. The van der Waals surface area contributed by atoms with Gasteiger partial charge in [-0.1, -0.05) is 5.16 Å². The molecule has 0 fully saturated rings. The number of furan rings is 1. The van der Waals surface area contributed by atoms with Crippen LogP contribution in [0.3, 0.4) is 0 Å². The summed E-state index contributed by atoms with van der Waals surface area (Å²) in [6.45, 7) is 1.84. The van der Waals surface area contributed by atoms with Gasteiger partial charge in [0.25, 0.3) is 5.89 Å². The van der Waals surface area contributed by atoms with Gasteiger partial charge in [0.05, 0.1) is 24.3 Å². The largest absolute Gasteiger partial charge is 0.472 e. The molecule has 0 saturated heterocycles. The fourth-order valence-electron chi connectivity index (χ4n) is 2.29. The first-order valence-electron chi connectivity index (χ1n) is 6.74. The van der Waals surface area contributed by atoms with Gasteiger partial charge in [0.15, 0.2) is 0 Å². The van der Waals surface area contributed by atoms with Crippen LogP contribution in [0, 0.1) is 0 Å². The van der Waals surface area contributed by atoms with E-state index in [-0.39, 0.29) is 0 Å². The molecular formula is C14H13N5O2. The predicted octanol–water partition coefficient (Wildman–Crippen LogP) is 2.51. The molecule has 106 valence electrons. The second-order valence-corrected chi connectivity index (χ2v) is 4.76. The van der Waals surface area contributed by atoms with Gasteiger partial charge in [-0.3, -0.25) is 0 Å². The monoisotopic (exact) mass is 283 g/mol. The number of fused-ring (bicyclic) bond motifs is 1. The van der Waals surface area contributed by atoms with Crippen LogP contribution in [0.25, 0.3) is 23.5 Å². The lowest BCUT2D eigenvalue weighted by molar-refractivity contribution is 0.411. The van der Waals surface area contributed by atoms with E-state index in [4.69, 9.17) is 8.94 Å². The lowest BCUT2D eigenvalue weighted by Gasteiger charge is -2.15. The van der Waals surface area contributed by atoms with Gasteiger partial charge in [-0.25, -0.2) is 4.68 Å². The Balaban J connectivity index is 1.61. The van der Waals surface area contributed by atoms with Crippen molar-refractivity contribution >= 4 is 18.0 Å². The maximum Gasteiger partial charge on any atom is 0.250 e. The van der Waals surface area contributed by atoms with Crippen LogP contribution in [0.4, 0.5) is 5.82 Å². The van der Waals surface area contributed by atoms with Crippen LogP contribution in [0.1, 0.15) is 17.9 Å². The fourth-order valence-corrected chi connectivity index (χ4v) is 2.29. The standard InChI is InChI=1S/C14H13N5O2/c1-5-15-14-11(8-16-19(14)6-1)13-17-12(21-18-13)3-2-10-4-7-20-9-10/h2-4,7-9,15H,1,5-6H2/b3-2+. The molecule has 0 unspecified atom stereocenters. The molecule has 0 bridgehead atoms. The number of rotatable bonds is 3. The highest BCUT2D eigenvalue weighted by molar-refractivity contribution is 5.71. The Morgan fingerprint density at radius 1 is 1.33 bits per heavy atom. The molecule has 4 heterocycles. The Morgan fingerprint density at radius 2 is 2.33 bits per heavy atom. The minimum Gasteiger partial charge on any atom is -0.472 e. The number of hydrogen-bond donors (Lipinski definition) is 1. The molecule has 1 N–H and O–H groups in total. The minimum atomic E-state index is 0.446. The van der Waals surface area contributed by atoms with Crippen LogP contribution < -0.4 is 5.32 Å². The molecule has 21 heavy (non-hydrogen) atoms. The third kappa shape index (κ3) is 2.22. The molecule has 0 aliphatic carbocycles. The first-order chi connectivity index (χ1) is 10.4. The number of aromatic nitrogens is 4. The van der Waals surface area contributed by atoms with E-state index < -0.39 is 0 Å². The Kier molecular flexibility index (Phi) is 2.81. The zero-order valence-corrected chi connectivity index (χ0v) is 11.2. The lowest BCUT2D eigenvalue weighted by atomic mass is 10.2. The number of anilines is 1. The summed E-state index contributed by atoms with van der Waals surface area (Å²) in [7, 11) is 0. The number of nitrogens with one attached hydrogen (secondary N) is 1. The molecule has 0 aromatic carbocycles. The first kappa shape index (κ1) is 12.0. The zero-order valence-electron chi connectivity index (χ0n) is 11.2. The molecule has 1 aliphatic heterocycles. The second kappa shape index (κ2) is 4.93. The smallest absolute Gasteiger partial charge is 0.250 e. The molecule has 0 saturated carbocycles. The first-order valence-corrected chi connectivity index (χ1v) is 6.74. The van der Waals surface area contributed by atoms with Gasteiger partial charge in [-0.2, -0.15) is 10.1 Å². The van der Waals surface area contributed by atoms with E-state index >= 15 is 0 Å². The highest BCUT2D eigenvalue weighted by Crippen LogP contribution is 2.27.